The molecule has 0 aromatic carbocycles. The molecule has 0 unspecified atom stereocenters. The molecule has 0 bridgehead atoms. The van der Waals surface area contributed by atoms with E-state index in [1.807, 2.05) is 6.26 Å². The molecule has 20 heavy (non-hydrogen) atoms. The molecule has 0 amide bonds. The first-order chi connectivity index (χ1) is 9.56. The van der Waals surface area contributed by atoms with Gasteiger partial charge in [0.1, 0.15) is 9.88 Å². The van der Waals surface area contributed by atoms with Crippen LogP contribution in [0.3, 0.4) is 0 Å². The number of methoxy groups -OCH3 is 1. The van der Waals surface area contributed by atoms with Gasteiger partial charge in [-0.05, 0) is 6.26 Å². The van der Waals surface area contributed by atoms with Crippen LogP contribution in [0.5, 0.6) is 0 Å². The summed E-state index contributed by atoms with van der Waals surface area (Å²) in [5.74, 6) is 0.611. The number of nitrogen functional groups attached to an aromatic ring is 1. The quantitative estimate of drug-likeness (QED) is 0.639. The van der Waals surface area contributed by atoms with E-state index in [-0.39, 0.29) is 0 Å². The molecule has 3 N–H and O–H groups in total. The number of nitrogens with one attached hydrogen (secondary N) is 1. The number of hydrogen-bond acceptors (Lipinski definition) is 9. The molecular weight excluding hydrogens is 300 g/mol. The molecule has 0 saturated carbocycles. The number of carbonyl (C=O) groups is 1. The van der Waals surface area contributed by atoms with Crippen molar-refractivity contribution in [3.05, 3.63) is 16.6 Å². The van der Waals surface area contributed by atoms with Gasteiger partial charge in [-0.1, -0.05) is 5.16 Å². The van der Waals surface area contributed by atoms with E-state index >= 15 is 0 Å². The van der Waals surface area contributed by atoms with Gasteiger partial charge in [0, 0.05) is 6.92 Å². The minimum Gasteiger partial charge on any atom is -0.465 e. The fraction of sp³-hybridized carbons (Fsp3) is 0.364. The number of thioether (sulfide) groups is 1. The van der Waals surface area contributed by atoms with Crippen LogP contribution in [0.4, 0.5) is 10.7 Å². The van der Waals surface area contributed by atoms with Gasteiger partial charge in [-0.2, -0.15) is 4.98 Å². The lowest BCUT2D eigenvalue weighted by Gasteiger charge is -2.03. The van der Waals surface area contributed by atoms with Crippen molar-refractivity contribution >= 4 is 39.8 Å². The smallest absolute Gasteiger partial charge is 0.350 e. The number of thiophene rings is 1. The van der Waals surface area contributed by atoms with Crippen molar-refractivity contribution in [3.63, 3.8) is 0 Å². The summed E-state index contributed by atoms with van der Waals surface area (Å²) in [4.78, 5) is 16.9. The number of aryl methyl sites for hydroxylation is 1. The molecule has 0 aliphatic rings. The Kier molecular flexibility index (Phi) is 4.50. The number of esters is 1. The number of nitrogens with zero attached hydrogens (tertiary/aromatic N) is 2. The minimum absolute atomic E-state index is 0.392. The Morgan fingerprint density at radius 3 is 2.90 bits per heavy atom. The SMILES string of the molecule is COC(=O)c1sc(NCc2noc(C)n2)c(SC)c1N. The van der Waals surface area contributed by atoms with Crippen LogP contribution in [0, 0.1) is 6.92 Å². The summed E-state index contributed by atoms with van der Waals surface area (Å²) in [5, 5.41) is 7.74. The van der Waals surface area contributed by atoms with Gasteiger partial charge in [-0.15, -0.1) is 23.1 Å². The van der Waals surface area contributed by atoms with Gasteiger partial charge in [-0.3, -0.25) is 0 Å². The third-order valence-electron chi connectivity index (χ3n) is 2.45. The molecule has 0 saturated heterocycles. The molecule has 2 aromatic rings. The Balaban J connectivity index is 2.20. The van der Waals surface area contributed by atoms with Crippen molar-refractivity contribution in [2.24, 2.45) is 0 Å². The fourth-order valence-electron chi connectivity index (χ4n) is 1.56. The van der Waals surface area contributed by atoms with Gasteiger partial charge in [0.05, 0.1) is 24.2 Å². The summed E-state index contributed by atoms with van der Waals surface area (Å²) in [6.07, 6.45) is 1.89. The lowest BCUT2D eigenvalue weighted by atomic mass is 10.4. The van der Waals surface area contributed by atoms with Gasteiger partial charge in [0.2, 0.25) is 5.89 Å². The average molecular weight is 314 g/mol. The van der Waals surface area contributed by atoms with Crippen LogP contribution in [0.2, 0.25) is 0 Å². The molecule has 0 aliphatic heterocycles. The Labute approximate surface area is 123 Å². The first-order valence-electron chi connectivity index (χ1n) is 5.64. The van der Waals surface area contributed by atoms with Crippen LogP contribution in [-0.2, 0) is 11.3 Å². The Bertz CT molecular complexity index is 623. The number of aromatic nitrogens is 2. The van der Waals surface area contributed by atoms with Crippen molar-refractivity contribution in [2.45, 2.75) is 18.4 Å². The summed E-state index contributed by atoms with van der Waals surface area (Å²) < 4.78 is 9.60. The molecule has 0 radical (unpaired) electrons. The highest BCUT2D eigenvalue weighted by Crippen LogP contribution is 2.42. The zero-order chi connectivity index (χ0) is 14.7. The van der Waals surface area contributed by atoms with E-state index in [1.54, 1.807) is 6.92 Å². The van der Waals surface area contributed by atoms with E-state index in [4.69, 9.17) is 15.0 Å². The predicted octanol–water partition coefficient (Wildman–Crippen LogP) is 2.14. The Morgan fingerprint density at radius 1 is 1.60 bits per heavy atom. The molecule has 108 valence electrons. The molecular formula is C11H14N4O3S2. The number of anilines is 2. The highest BCUT2D eigenvalue weighted by molar-refractivity contribution is 7.99. The second kappa shape index (κ2) is 6.14. The van der Waals surface area contributed by atoms with Crippen molar-refractivity contribution in [1.29, 1.82) is 0 Å². The zero-order valence-corrected chi connectivity index (χ0v) is 12.9. The first-order valence-corrected chi connectivity index (χ1v) is 7.68. The van der Waals surface area contributed by atoms with E-state index in [1.165, 1.54) is 30.2 Å². The summed E-state index contributed by atoms with van der Waals surface area (Å²) >= 11 is 2.71. The highest BCUT2D eigenvalue weighted by atomic mass is 32.2. The van der Waals surface area contributed by atoms with Gasteiger partial charge < -0.3 is 20.3 Å². The first kappa shape index (κ1) is 14.7. The van der Waals surface area contributed by atoms with E-state index < -0.39 is 5.97 Å². The third kappa shape index (κ3) is 2.88. The monoisotopic (exact) mass is 314 g/mol. The molecule has 0 aliphatic carbocycles. The predicted molar refractivity (Wildman–Crippen MR) is 78.2 cm³/mol. The Morgan fingerprint density at radius 2 is 2.35 bits per heavy atom. The molecule has 0 atom stereocenters. The zero-order valence-electron chi connectivity index (χ0n) is 11.2. The van der Waals surface area contributed by atoms with Gasteiger partial charge >= 0.3 is 5.97 Å². The summed E-state index contributed by atoms with van der Waals surface area (Å²) in [7, 11) is 1.33. The van der Waals surface area contributed by atoms with Gasteiger partial charge in [-0.25, -0.2) is 4.79 Å². The molecule has 2 aromatic heterocycles. The van der Waals surface area contributed by atoms with Crippen molar-refractivity contribution in [3.8, 4) is 0 Å². The molecule has 7 nitrogen and oxygen atoms in total. The standard InChI is InChI=1S/C11H14N4O3S2/c1-5-14-6(15-18-5)4-13-10-8(19-3)7(12)9(20-10)11(16)17-2/h13H,4,12H2,1-3H3. The maximum Gasteiger partial charge on any atom is 0.350 e. The molecule has 9 heteroatoms. The highest BCUT2D eigenvalue weighted by Gasteiger charge is 2.21. The number of hydrogen-bond donors (Lipinski definition) is 2. The van der Waals surface area contributed by atoms with Crippen LogP contribution < -0.4 is 11.1 Å². The van der Waals surface area contributed by atoms with Gasteiger partial charge in [0.15, 0.2) is 5.82 Å². The normalized spacial score (nSPS) is 10.6. The maximum atomic E-state index is 11.6. The van der Waals surface area contributed by atoms with Crippen molar-refractivity contribution < 1.29 is 14.1 Å². The second-order valence-electron chi connectivity index (χ2n) is 3.78. The average Bonchev–Trinajstić information content (AvgIpc) is 2.99. The van der Waals surface area contributed by atoms with E-state index in [0.717, 1.165) is 9.90 Å². The molecule has 2 heterocycles. The van der Waals surface area contributed by atoms with Crippen LogP contribution in [0.25, 0.3) is 0 Å². The number of rotatable bonds is 5. The van der Waals surface area contributed by atoms with E-state index in [0.29, 0.717) is 28.8 Å². The van der Waals surface area contributed by atoms with Crippen molar-refractivity contribution in [1.82, 2.24) is 10.1 Å². The van der Waals surface area contributed by atoms with Crippen LogP contribution in [0.1, 0.15) is 21.4 Å². The van der Waals surface area contributed by atoms with E-state index in [9.17, 15) is 4.79 Å². The van der Waals surface area contributed by atoms with Crippen LogP contribution in [-0.4, -0.2) is 29.5 Å². The number of nitrogens with two attached hydrogens (primary N) is 1. The largest absolute Gasteiger partial charge is 0.465 e. The number of carbonyl (C=O) groups excluding carboxylic acids is 1. The Hall–Kier alpha value is -1.74. The molecule has 0 spiro atoms. The van der Waals surface area contributed by atoms with Gasteiger partial charge in [0.25, 0.3) is 0 Å². The lowest BCUT2D eigenvalue weighted by molar-refractivity contribution is 0.0607. The topological polar surface area (TPSA) is 103 Å². The molecule has 2 rings (SSSR count). The third-order valence-corrected chi connectivity index (χ3v) is 4.56. The minimum atomic E-state index is -0.439. The maximum absolute atomic E-state index is 11.6. The summed E-state index contributed by atoms with van der Waals surface area (Å²) in [6.45, 7) is 2.12. The fourth-order valence-corrected chi connectivity index (χ4v) is 3.51. The number of ether oxygens (including phenoxy) is 1. The molecule has 0 fully saturated rings. The summed E-state index contributed by atoms with van der Waals surface area (Å²) in [6, 6.07) is 0. The second-order valence-corrected chi connectivity index (χ2v) is 5.62. The van der Waals surface area contributed by atoms with Crippen LogP contribution in [0.15, 0.2) is 9.42 Å². The summed E-state index contributed by atoms with van der Waals surface area (Å²) in [5.41, 5.74) is 6.39. The lowest BCUT2D eigenvalue weighted by Crippen LogP contribution is -2.02. The van der Waals surface area contributed by atoms with Crippen molar-refractivity contribution in [2.75, 3.05) is 24.4 Å². The van der Waals surface area contributed by atoms with E-state index in [2.05, 4.69) is 15.5 Å². The van der Waals surface area contributed by atoms with Crippen LogP contribution >= 0.6 is 23.1 Å².